The summed E-state index contributed by atoms with van der Waals surface area (Å²) in [6.45, 7) is 2.48. The van der Waals surface area contributed by atoms with Gasteiger partial charge in [0.1, 0.15) is 17.6 Å². The lowest BCUT2D eigenvalue weighted by atomic mass is 9.70. The van der Waals surface area contributed by atoms with Crippen LogP contribution in [0.15, 0.2) is 12.1 Å². The number of hydrogen-bond acceptors (Lipinski definition) is 3. The molecule has 4 bridgehead atoms. The van der Waals surface area contributed by atoms with E-state index in [0.717, 1.165) is 36.2 Å². The number of carboxylic acids is 1. The number of likely N-dealkylation sites (tertiary alicyclic amines) is 1. The average molecular weight is 442 g/mol. The van der Waals surface area contributed by atoms with Crippen LogP contribution in [0.1, 0.15) is 86.6 Å². The molecule has 4 atom stereocenters. The van der Waals surface area contributed by atoms with Crippen molar-refractivity contribution in [2.24, 2.45) is 23.2 Å². The molecule has 1 amide bonds. The molecule has 1 aromatic rings. The lowest BCUT2D eigenvalue weighted by molar-refractivity contribution is -0.141. The second-order valence-corrected chi connectivity index (χ2v) is 11.4. The number of ether oxygens (including phenoxy) is 1. The zero-order valence-electron chi connectivity index (χ0n) is 18.7. The standard InChI is InChI=1S/C26H32FNO4/c1-14-2-5-22(25(30)31)28(14)24(29)20-8-19(16-3-4-16)23(9-21(20)27)32-13-26-10-15-6-17(11-26)18(7-15)12-26/h8-9,14-18,22H,2-7,10-13H2,1H3,(H,30,31)/t14-,15?,17?,18?,22+,26?/m1/s1. The molecule has 1 N–H and O–H groups in total. The third-order valence-electron chi connectivity index (χ3n) is 9.12. The number of aliphatic carboxylic acids is 1. The molecule has 6 heteroatoms. The van der Waals surface area contributed by atoms with Gasteiger partial charge in [0.25, 0.3) is 5.91 Å². The molecule has 1 heterocycles. The Balaban J connectivity index is 1.25. The van der Waals surface area contributed by atoms with Crippen LogP contribution in [-0.2, 0) is 4.79 Å². The number of carbonyl (C=O) groups is 2. The number of hydrogen-bond donors (Lipinski definition) is 1. The quantitative estimate of drug-likeness (QED) is 0.676. The predicted molar refractivity (Wildman–Crippen MR) is 116 cm³/mol. The highest BCUT2D eigenvalue weighted by molar-refractivity contribution is 5.98. The van der Waals surface area contributed by atoms with Gasteiger partial charge in [-0.25, -0.2) is 9.18 Å². The first-order chi connectivity index (χ1) is 15.3. The van der Waals surface area contributed by atoms with Crippen molar-refractivity contribution in [3.05, 3.63) is 29.1 Å². The molecule has 5 saturated carbocycles. The van der Waals surface area contributed by atoms with Gasteiger partial charge < -0.3 is 14.7 Å². The van der Waals surface area contributed by atoms with Gasteiger partial charge in [-0.2, -0.15) is 0 Å². The minimum Gasteiger partial charge on any atom is -0.493 e. The molecule has 5 nitrogen and oxygen atoms in total. The summed E-state index contributed by atoms with van der Waals surface area (Å²) in [5, 5.41) is 9.52. The Bertz CT molecular complexity index is 953. The number of nitrogens with zero attached hydrogens (tertiary/aromatic N) is 1. The maximum atomic E-state index is 15.2. The van der Waals surface area contributed by atoms with Gasteiger partial charge in [0.2, 0.25) is 0 Å². The monoisotopic (exact) mass is 441 g/mol. The van der Waals surface area contributed by atoms with E-state index in [1.807, 2.05) is 6.92 Å². The molecule has 0 spiro atoms. The highest BCUT2D eigenvalue weighted by Gasteiger charge is 2.56. The van der Waals surface area contributed by atoms with E-state index in [0.29, 0.717) is 31.1 Å². The zero-order valence-corrected chi connectivity index (χ0v) is 18.7. The minimum absolute atomic E-state index is 0.0164. The molecule has 5 aliphatic carbocycles. The number of carbonyl (C=O) groups excluding carboxylic acids is 1. The Morgan fingerprint density at radius 1 is 1.12 bits per heavy atom. The van der Waals surface area contributed by atoms with E-state index in [1.165, 1.54) is 43.1 Å². The SMILES string of the molecule is C[C@@H]1CC[C@@H](C(=O)O)N1C(=O)c1cc(C2CC2)c(OCC23CC4CC(C2)C(C4)C3)cc1F. The van der Waals surface area contributed by atoms with E-state index >= 15 is 4.39 Å². The minimum atomic E-state index is -1.02. The van der Waals surface area contributed by atoms with Crippen molar-refractivity contribution < 1.29 is 23.8 Å². The molecule has 2 unspecified atom stereocenters. The molecular formula is C26H32FNO4. The molecule has 172 valence electrons. The normalized spacial score (nSPS) is 37.3. The van der Waals surface area contributed by atoms with E-state index < -0.39 is 23.7 Å². The van der Waals surface area contributed by atoms with Gasteiger partial charge in [-0.1, -0.05) is 0 Å². The van der Waals surface area contributed by atoms with Crippen LogP contribution in [-0.4, -0.2) is 40.6 Å². The lowest BCUT2D eigenvalue weighted by Gasteiger charge is -2.38. The van der Waals surface area contributed by atoms with Gasteiger partial charge in [-0.3, -0.25) is 4.79 Å². The first kappa shape index (κ1) is 20.5. The van der Waals surface area contributed by atoms with Gasteiger partial charge in [-0.15, -0.1) is 0 Å². The van der Waals surface area contributed by atoms with Crippen LogP contribution in [0, 0.1) is 29.0 Å². The first-order valence-corrected chi connectivity index (χ1v) is 12.4. The summed E-state index contributed by atoms with van der Waals surface area (Å²) in [6, 6.07) is 1.95. The van der Waals surface area contributed by atoms with Crippen LogP contribution in [0.25, 0.3) is 0 Å². The van der Waals surface area contributed by atoms with Crippen LogP contribution in [0.5, 0.6) is 5.75 Å². The Morgan fingerprint density at radius 3 is 2.47 bits per heavy atom. The molecule has 1 aliphatic heterocycles. The maximum Gasteiger partial charge on any atom is 0.326 e. The summed E-state index contributed by atoms with van der Waals surface area (Å²) in [6.07, 6.45) is 9.56. The second-order valence-electron chi connectivity index (χ2n) is 11.4. The summed E-state index contributed by atoms with van der Waals surface area (Å²) in [7, 11) is 0. The number of benzene rings is 1. The van der Waals surface area contributed by atoms with E-state index in [-0.39, 0.29) is 17.0 Å². The summed E-state index contributed by atoms with van der Waals surface area (Å²) in [4.78, 5) is 26.2. The van der Waals surface area contributed by atoms with Crippen molar-refractivity contribution >= 4 is 11.9 Å². The third-order valence-corrected chi connectivity index (χ3v) is 9.12. The fraction of sp³-hybridized carbons (Fsp3) is 0.692. The van der Waals surface area contributed by atoms with Crippen molar-refractivity contribution in [2.75, 3.05) is 6.61 Å². The lowest BCUT2D eigenvalue weighted by Crippen LogP contribution is -2.44. The molecular weight excluding hydrogens is 409 g/mol. The Kier molecular flexibility index (Phi) is 4.61. The number of rotatable bonds is 6. The van der Waals surface area contributed by atoms with Crippen molar-refractivity contribution in [3.8, 4) is 5.75 Å². The van der Waals surface area contributed by atoms with E-state index in [2.05, 4.69) is 0 Å². The van der Waals surface area contributed by atoms with Crippen LogP contribution in [0.4, 0.5) is 4.39 Å². The predicted octanol–water partition coefficient (Wildman–Crippen LogP) is 4.99. The molecule has 7 rings (SSSR count). The van der Waals surface area contributed by atoms with Crippen molar-refractivity contribution in [2.45, 2.75) is 82.7 Å². The Labute approximate surface area is 188 Å². The van der Waals surface area contributed by atoms with Gasteiger partial charge in [0.05, 0.1) is 12.2 Å². The smallest absolute Gasteiger partial charge is 0.326 e. The topological polar surface area (TPSA) is 66.8 Å². The molecule has 6 aliphatic rings. The fourth-order valence-corrected chi connectivity index (χ4v) is 7.67. The highest BCUT2D eigenvalue weighted by Crippen LogP contribution is 2.64. The summed E-state index contributed by atoms with van der Waals surface area (Å²) < 4.78 is 21.5. The largest absolute Gasteiger partial charge is 0.493 e. The van der Waals surface area contributed by atoms with Gasteiger partial charge >= 0.3 is 5.97 Å². The first-order valence-electron chi connectivity index (χ1n) is 12.4. The second kappa shape index (κ2) is 7.19. The van der Waals surface area contributed by atoms with Gasteiger partial charge in [0.15, 0.2) is 0 Å². The maximum absolute atomic E-state index is 15.2. The molecule has 1 saturated heterocycles. The van der Waals surface area contributed by atoms with Crippen LogP contribution in [0.3, 0.4) is 0 Å². The van der Waals surface area contributed by atoms with Crippen molar-refractivity contribution in [3.63, 3.8) is 0 Å². The van der Waals surface area contributed by atoms with Crippen molar-refractivity contribution in [1.29, 1.82) is 0 Å². The molecule has 32 heavy (non-hydrogen) atoms. The molecule has 0 aromatic heterocycles. The number of amides is 1. The van der Waals surface area contributed by atoms with Crippen LogP contribution >= 0.6 is 0 Å². The van der Waals surface area contributed by atoms with Crippen LogP contribution in [0.2, 0.25) is 0 Å². The fourth-order valence-electron chi connectivity index (χ4n) is 7.67. The number of halogens is 1. The zero-order chi connectivity index (χ0) is 22.2. The van der Waals surface area contributed by atoms with Gasteiger partial charge in [-0.05, 0) is 100 Å². The van der Waals surface area contributed by atoms with E-state index in [9.17, 15) is 14.7 Å². The van der Waals surface area contributed by atoms with Gasteiger partial charge in [0, 0.05) is 17.5 Å². The average Bonchev–Trinajstić information content (AvgIpc) is 3.39. The van der Waals surface area contributed by atoms with E-state index in [1.54, 1.807) is 6.07 Å². The van der Waals surface area contributed by atoms with E-state index in [4.69, 9.17) is 4.74 Å². The number of carboxylic acid groups (broad SMARTS) is 1. The summed E-state index contributed by atoms with van der Waals surface area (Å²) >= 11 is 0. The van der Waals surface area contributed by atoms with Crippen molar-refractivity contribution in [1.82, 2.24) is 4.90 Å². The Hall–Kier alpha value is -2.11. The van der Waals surface area contributed by atoms with Crippen LogP contribution < -0.4 is 4.74 Å². The molecule has 6 fully saturated rings. The summed E-state index contributed by atoms with van der Waals surface area (Å²) in [5.74, 6) is 1.32. The Morgan fingerprint density at radius 2 is 1.84 bits per heavy atom. The molecule has 0 radical (unpaired) electrons. The third kappa shape index (κ3) is 3.24. The molecule has 1 aromatic carbocycles. The highest BCUT2D eigenvalue weighted by atomic mass is 19.1. The summed E-state index contributed by atoms with van der Waals surface area (Å²) in [5.41, 5.74) is 1.15.